The number of nitriles is 1. The van der Waals surface area contributed by atoms with Crippen LogP contribution in [0, 0.1) is 11.3 Å². The Morgan fingerprint density at radius 1 is 1.00 bits per heavy atom. The first-order chi connectivity index (χ1) is 13.8. The number of hydrogen-bond donors (Lipinski definition) is 0. The van der Waals surface area contributed by atoms with Crippen LogP contribution >= 0.6 is 11.8 Å². The molecule has 0 saturated carbocycles. The van der Waals surface area contributed by atoms with Gasteiger partial charge in [0.25, 0.3) is 5.56 Å². The highest BCUT2D eigenvalue weighted by atomic mass is 32.2. The number of thioether (sulfide) groups is 1. The first kappa shape index (κ1) is 20.7. The lowest BCUT2D eigenvalue weighted by molar-refractivity contribution is 0.590. The smallest absolute Gasteiger partial charge is 0.269 e. The predicted octanol–water partition coefficient (Wildman–Crippen LogP) is 4.21. The molecule has 1 aromatic heterocycles. The molecule has 0 fully saturated rings. The van der Waals surface area contributed by atoms with Crippen molar-refractivity contribution in [3.8, 4) is 23.0 Å². The molecule has 0 aliphatic heterocycles. The molecule has 1 heterocycles. The van der Waals surface area contributed by atoms with Crippen LogP contribution in [0.4, 0.5) is 0 Å². The van der Waals surface area contributed by atoms with Crippen LogP contribution in [-0.2, 0) is 12.0 Å². The Balaban J connectivity index is 2.27. The standard InChI is InChI=1S/C23H23N3O2S/c1-23(2,3)17-7-9-18(10-8-17)26-20(16-5-11-19(29-4)12-6-16)15-21(27)25(14-13-24)22(26)28/h5-12,15H,14H2,1-4H3. The molecular formula is C23H23N3O2S. The molecule has 0 aliphatic carbocycles. The largest absolute Gasteiger partial charge is 0.337 e. The van der Waals surface area contributed by atoms with Crippen molar-refractivity contribution >= 4 is 11.8 Å². The molecule has 0 spiro atoms. The van der Waals surface area contributed by atoms with Gasteiger partial charge in [0.2, 0.25) is 0 Å². The molecule has 6 heteroatoms. The van der Waals surface area contributed by atoms with Crippen molar-refractivity contribution in [2.24, 2.45) is 0 Å². The number of aromatic nitrogens is 2. The Hall–Kier alpha value is -3.04. The van der Waals surface area contributed by atoms with Gasteiger partial charge in [-0.05, 0) is 47.1 Å². The Morgan fingerprint density at radius 2 is 1.62 bits per heavy atom. The summed E-state index contributed by atoms with van der Waals surface area (Å²) in [7, 11) is 0. The van der Waals surface area contributed by atoms with E-state index >= 15 is 0 Å². The minimum absolute atomic E-state index is 0.0143. The Labute approximate surface area is 174 Å². The van der Waals surface area contributed by atoms with Gasteiger partial charge in [-0.2, -0.15) is 5.26 Å². The molecule has 0 bridgehead atoms. The van der Waals surface area contributed by atoms with E-state index in [4.69, 9.17) is 5.26 Å². The summed E-state index contributed by atoms with van der Waals surface area (Å²) < 4.78 is 2.46. The monoisotopic (exact) mass is 405 g/mol. The van der Waals surface area contributed by atoms with Gasteiger partial charge in [0, 0.05) is 11.0 Å². The van der Waals surface area contributed by atoms with E-state index in [1.807, 2.05) is 60.9 Å². The fourth-order valence-corrected chi connectivity index (χ4v) is 3.54. The molecule has 3 rings (SSSR count). The van der Waals surface area contributed by atoms with Crippen LogP contribution in [0.15, 0.2) is 69.1 Å². The lowest BCUT2D eigenvalue weighted by Gasteiger charge is -2.20. The van der Waals surface area contributed by atoms with E-state index in [2.05, 4.69) is 20.8 Å². The topological polar surface area (TPSA) is 67.8 Å². The maximum absolute atomic E-state index is 13.1. The lowest BCUT2D eigenvalue weighted by Crippen LogP contribution is -2.39. The first-order valence-electron chi connectivity index (χ1n) is 9.25. The third-order valence-corrected chi connectivity index (χ3v) is 5.54. The van der Waals surface area contributed by atoms with E-state index in [-0.39, 0.29) is 12.0 Å². The maximum Gasteiger partial charge on any atom is 0.337 e. The Bertz CT molecular complexity index is 1180. The molecule has 0 saturated heterocycles. The highest BCUT2D eigenvalue weighted by Gasteiger charge is 2.17. The first-order valence-corrected chi connectivity index (χ1v) is 10.5. The predicted molar refractivity (Wildman–Crippen MR) is 118 cm³/mol. The van der Waals surface area contributed by atoms with Gasteiger partial charge in [-0.1, -0.05) is 45.0 Å². The second-order valence-corrected chi connectivity index (χ2v) is 8.64. The van der Waals surface area contributed by atoms with Crippen molar-refractivity contribution in [3.05, 3.63) is 81.0 Å². The van der Waals surface area contributed by atoms with Crippen LogP contribution in [-0.4, -0.2) is 15.4 Å². The SMILES string of the molecule is CSc1ccc(-c2cc(=O)n(CC#N)c(=O)n2-c2ccc(C(C)(C)C)cc2)cc1. The van der Waals surface area contributed by atoms with Gasteiger partial charge in [0.05, 0.1) is 17.5 Å². The zero-order valence-electron chi connectivity index (χ0n) is 17.0. The van der Waals surface area contributed by atoms with Gasteiger partial charge in [-0.25, -0.2) is 9.36 Å². The van der Waals surface area contributed by atoms with Crippen LogP contribution in [0.3, 0.4) is 0 Å². The fraction of sp³-hybridized carbons (Fsp3) is 0.261. The summed E-state index contributed by atoms with van der Waals surface area (Å²) in [5.41, 5.74) is 2.05. The van der Waals surface area contributed by atoms with E-state index in [1.54, 1.807) is 11.8 Å². The van der Waals surface area contributed by atoms with Crippen molar-refractivity contribution < 1.29 is 0 Å². The summed E-state index contributed by atoms with van der Waals surface area (Å²) in [5, 5.41) is 9.04. The van der Waals surface area contributed by atoms with Crippen LogP contribution < -0.4 is 11.2 Å². The van der Waals surface area contributed by atoms with E-state index in [9.17, 15) is 9.59 Å². The molecular weight excluding hydrogens is 382 g/mol. The van der Waals surface area contributed by atoms with E-state index in [0.29, 0.717) is 11.4 Å². The molecule has 5 nitrogen and oxygen atoms in total. The third-order valence-electron chi connectivity index (χ3n) is 4.80. The summed E-state index contributed by atoms with van der Waals surface area (Å²) in [5.74, 6) is 0. The number of benzene rings is 2. The summed E-state index contributed by atoms with van der Waals surface area (Å²) in [4.78, 5) is 26.8. The van der Waals surface area contributed by atoms with Crippen molar-refractivity contribution in [1.29, 1.82) is 5.26 Å². The fourth-order valence-electron chi connectivity index (χ4n) is 3.13. The second-order valence-electron chi connectivity index (χ2n) is 7.76. The van der Waals surface area contributed by atoms with E-state index in [0.717, 1.165) is 20.6 Å². The minimum atomic E-state index is -0.522. The van der Waals surface area contributed by atoms with Gasteiger partial charge < -0.3 is 0 Å². The third kappa shape index (κ3) is 4.20. The van der Waals surface area contributed by atoms with Crippen LogP contribution in [0.1, 0.15) is 26.3 Å². The molecule has 0 N–H and O–H groups in total. The Morgan fingerprint density at radius 3 is 2.14 bits per heavy atom. The summed E-state index contributed by atoms with van der Waals surface area (Å²) in [6.07, 6.45) is 1.99. The van der Waals surface area contributed by atoms with Crippen molar-refractivity contribution in [2.45, 2.75) is 37.6 Å². The van der Waals surface area contributed by atoms with Crippen molar-refractivity contribution in [1.82, 2.24) is 9.13 Å². The highest BCUT2D eigenvalue weighted by molar-refractivity contribution is 7.98. The molecule has 29 heavy (non-hydrogen) atoms. The van der Waals surface area contributed by atoms with Crippen LogP contribution in [0.25, 0.3) is 16.9 Å². The maximum atomic E-state index is 13.1. The average molecular weight is 406 g/mol. The van der Waals surface area contributed by atoms with E-state index in [1.165, 1.54) is 10.6 Å². The number of nitrogens with zero attached hydrogens (tertiary/aromatic N) is 3. The zero-order chi connectivity index (χ0) is 21.2. The second kappa shape index (κ2) is 8.14. The molecule has 0 amide bonds. The number of hydrogen-bond acceptors (Lipinski definition) is 4. The molecule has 0 atom stereocenters. The van der Waals surface area contributed by atoms with Crippen molar-refractivity contribution in [3.63, 3.8) is 0 Å². The normalized spacial score (nSPS) is 11.3. The summed E-state index contributed by atoms with van der Waals surface area (Å²) in [6, 6.07) is 18.8. The molecule has 2 aromatic carbocycles. The molecule has 148 valence electrons. The van der Waals surface area contributed by atoms with Gasteiger partial charge in [0.15, 0.2) is 0 Å². The molecule has 0 aliphatic rings. The van der Waals surface area contributed by atoms with E-state index < -0.39 is 11.2 Å². The highest BCUT2D eigenvalue weighted by Crippen LogP contribution is 2.26. The number of rotatable bonds is 4. The van der Waals surface area contributed by atoms with Gasteiger partial charge in [-0.3, -0.25) is 9.36 Å². The van der Waals surface area contributed by atoms with Gasteiger partial charge in [-0.15, -0.1) is 11.8 Å². The minimum Gasteiger partial charge on any atom is -0.269 e. The van der Waals surface area contributed by atoms with Crippen LogP contribution in [0.5, 0.6) is 0 Å². The summed E-state index contributed by atoms with van der Waals surface area (Å²) >= 11 is 1.62. The molecule has 0 radical (unpaired) electrons. The molecule has 0 unspecified atom stereocenters. The van der Waals surface area contributed by atoms with Crippen molar-refractivity contribution in [2.75, 3.05) is 6.26 Å². The van der Waals surface area contributed by atoms with Gasteiger partial charge in [0.1, 0.15) is 6.54 Å². The van der Waals surface area contributed by atoms with Crippen LogP contribution in [0.2, 0.25) is 0 Å². The average Bonchev–Trinajstić information content (AvgIpc) is 2.70. The quantitative estimate of drug-likeness (QED) is 0.610. The molecule has 3 aromatic rings. The summed E-state index contributed by atoms with van der Waals surface area (Å²) in [6.45, 7) is 6.09. The Kier molecular flexibility index (Phi) is 5.81. The zero-order valence-corrected chi connectivity index (χ0v) is 17.8. The lowest BCUT2D eigenvalue weighted by atomic mass is 9.87. The van der Waals surface area contributed by atoms with Gasteiger partial charge >= 0.3 is 5.69 Å².